The summed E-state index contributed by atoms with van der Waals surface area (Å²) in [6.45, 7) is 12.6. The van der Waals surface area contributed by atoms with Crippen molar-refractivity contribution in [2.45, 2.75) is 103 Å². The number of carbonyl (C=O) groups is 1. The first-order chi connectivity index (χ1) is 10.6. The third-order valence-electron chi connectivity index (χ3n) is 4.47. The highest BCUT2D eigenvalue weighted by atomic mass is 28.3. The highest BCUT2D eigenvalue weighted by Crippen LogP contribution is 2.28. The van der Waals surface area contributed by atoms with Crippen molar-refractivity contribution in [3.05, 3.63) is 0 Å². The predicted octanol–water partition coefficient (Wildman–Crippen LogP) is 5.06. The van der Waals surface area contributed by atoms with Crippen molar-refractivity contribution in [3.63, 3.8) is 0 Å². The molecule has 0 amide bonds. The van der Waals surface area contributed by atoms with Crippen LogP contribution in [0.25, 0.3) is 0 Å². The maximum absolute atomic E-state index is 12.9. The van der Waals surface area contributed by atoms with Crippen molar-refractivity contribution < 1.29 is 9.53 Å². The fourth-order valence-electron chi connectivity index (χ4n) is 3.11. The SMILES string of the molecule is CCCCCCCCCC(C(=O)OC(C)(C)C)(N(C)C)[Si](C)C. The Morgan fingerprint density at radius 3 is 1.83 bits per heavy atom. The van der Waals surface area contributed by atoms with Crippen LogP contribution in [0.15, 0.2) is 0 Å². The molecule has 1 unspecified atom stereocenters. The lowest BCUT2D eigenvalue weighted by Crippen LogP contribution is -2.61. The van der Waals surface area contributed by atoms with E-state index < -0.39 is 19.6 Å². The number of ether oxygens (including phenoxy) is 1. The number of hydrogen-bond acceptors (Lipinski definition) is 3. The summed E-state index contributed by atoms with van der Waals surface area (Å²) in [5, 5.41) is -0.415. The average Bonchev–Trinajstić information content (AvgIpc) is 2.39. The van der Waals surface area contributed by atoms with Gasteiger partial charge in [0.1, 0.15) is 10.8 Å². The van der Waals surface area contributed by atoms with Crippen molar-refractivity contribution in [1.82, 2.24) is 4.90 Å². The first-order valence-corrected chi connectivity index (χ1v) is 11.8. The van der Waals surface area contributed by atoms with E-state index in [9.17, 15) is 4.79 Å². The summed E-state index contributed by atoms with van der Waals surface area (Å²) in [5.74, 6) is -0.0279. The van der Waals surface area contributed by atoms with Gasteiger partial charge in [0, 0.05) is 0 Å². The van der Waals surface area contributed by atoms with E-state index in [-0.39, 0.29) is 5.97 Å². The van der Waals surface area contributed by atoms with Gasteiger partial charge in [-0.3, -0.25) is 9.69 Å². The standard InChI is InChI=1S/C19H40NO2Si/c1-9-10-11-12-13-14-15-16-19(20(5)6,23(7)8)17(21)22-18(2,3)4/h9-16H2,1-8H3. The first kappa shape index (κ1) is 22.6. The second-order valence-corrected chi connectivity index (χ2v) is 11.0. The summed E-state index contributed by atoms with van der Waals surface area (Å²) in [6.07, 6.45) is 9.84. The van der Waals surface area contributed by atoms with Crippen LogP contribution in [0.3, 0.4) is 0 Å². The van der Waals surface area contributed by atoms with Gasteiger partial charge in [0.2, 0.25) is 0 Å². The first-order valence-electron chi connectivity index (χ1n) is 9.29. The van der Waals surface area contributed by atoms with Crippen molar-refractivity contribution in [1.29, 1.82) is 0 Å². The smallest absolute Gasteiger partial charge is 0.323 e. The van der Waals surface area contributed by atoms with E-state index >= 15 is 0 Å². The fourth-order valence-corrected chi connectivity index (χ4v) is 5.14. The van der Waals surface area contributed by atoms with E-state index in [0.717, 1.165) is 12.8 Å². The Morgan fingerprint density at radius 2 is 1.43 bits per heavy atom. The molecule has 3 nitrogen and oxygen atoms in total. The lowest BCUT2D eigenvalue weighted by molar-refractivity contribution is -0.164. The van der Waals surface area contributed by atoms with E-state index in [1.165, 1.54) is 38.5 Å². The number of nitrogens with zero attached hydrogens (tertiary/aromatic N) is 1. The molecule has 0 aliphatic rings. The number of carbonyl (C=O) groups excluding carboxylic acids is 1. The van der Waals surface area contributed by atoms with Gasteiger partial charge in [-0.2, -0.15) is 0 Å². The van der Waals surface area contributed by atoms with Gasteiger partial charge in [-0.25, -0.2) is 0 Å². The van der Waals surface area contributed by atoms with Crippen LogP contribution in [0.4, 0.5) is 0 Å². The van der Waals surface area contributed by atoms with Crippen LogP contribution in [0.5, 0.6) is 0 Å². The molecule has 0 N–H and O–H groups in total. The van der Waals surface area contributed by atoms with Gasteiger partial charge in [0.05, 0.1) is 8.80 Å². The van der Waals surface area contributed by atoms with Crippen LogP contribution in [0, 0.1) is 0 Å². The maximum Gasteiger partial charge on any atom is 0.323 e. The van der Waals surface area contributed by atoms with Crippen molar-refractivity contribution >= 4 is 14.8 Å². The molecule has 0 aliphatic carbocycles. The van der Waals surface area contributed by atoms with Crippen molar-refractivity contribution in [2.75, 3.05) is 14.1 Å². The molecule has 0 fully saturated rings. The Morgan fingerprint density at radius 1 is 0.957 bits per heavy atom. The number of unbranched alkanes of at least 4 members (excludes halogenated alkanes) is 6. The molecule has 4 heteroatoms. The third kappa shape index (κ3) is 7.84. The molecule has 0 heterocycles. The summed E-state index contributed by atoms with van der Waals surface area (Å²) in [7, 11) is 3.21. The van der Waals surface area contributed by atoms with Crippen LogP contribution in [-0.2, 0) is 9.53 Å². The molecule has 0 saturated heterocycles. The molecule has 0 aliphatic heterocycles. The van der Waals surface area contributed by atoms with E-state index in [0.29, 0.717) is 0 Å². The zero-order chi connectivity index (χ0) is 18.1. The van der Waals surface area contributed by atoms with Crippen LogP contribution in [0.2, 0.25) is 13.1 Å². The average molecular weight is 343 g/mol. The quantitative estimate of drug-likeness (QED) is 0.298. The van der Waals surface area contributed by atoms with Gasteiger partial charge >= 0.3 is 5.97 Å². The maximum atomic E-state index is 12.9. The molecule has 0 aromatic rings. The predicted molar refractivity (Wildman–Crippen MR) is 102 cm³/mol. The largest absolute Gasteiger partial charge is 0.459 e. The van der Waals surface area contributed by atoms with Crippen LogP contribution < -0.4 is 0 Å². The third-order valence-corrected chi connectivity index (χ3v) is 7.02. The van der Waals surface area contributed by atoms with Crippen molar-refractivity contribution in [3.8, 4) is 0 Å². The topological polar surface area (TPSA) is 29.5 Å². The van der Waals surface area contributed by atoms with Gasteiger partial charge in [-0.1, -0.05) is 65.0 Å². The monoisotopic (exact) mass is 342 g/mol. The minimum absolute atomic E-state index is 0.0279. The highest BCUT2D eigenvalue weighted by molar-refractivity contribution is 6.64. The number of rotatable bonds is 11. The van der Waals surface area contributed by atoms with Gasteiger partial charge in [-0.05, 0) is 41.3 Å². The number of esters is 1. The van der Waals surface area contributed by atoms with Crippen LogP contribution in [0.1, 0.15) is 79.1 Å². The summed E-state index contributed by atoms with van der Waals surface area (Å²) in [6, 6.07) is 0. The van der Waals surface area contributed by atoms with Crippen LogP contribution in [-0.4, -0.2) is 44.5 Å². The molecule has 0 bridgehead atoms. The second-order valence-electron chi connectivity index (χ2n) is 8.13. The Bertz CT molecular complexity index is 327. The van der Waals surface area contributed by atoms with Crippen molar-refractivity contribution in [2.24, 2.45) is 0 Å². The van der Waals surface area contributed by atoms with E-state index in [1.807, 2.05) is 34.9 Å². The minimum Gasteiger partial charge on any atom is -0.459 e. The lowest BCUT2D eigenvalue weighted by atomic mass is 10.0. The van der Waals surface area contributed by atoms with Gasteiger partial charge in [0.15, 0.2) is 0 Å². The molecule has 1 radical (unpaired) electrons. The second kappa shape index (κ2) is 10.5. The molecule has 0 spiro atoms. The number of hydrogen-bond donors (Lipinski definition) is 0. The molecule has 0 aromatic heterocycles. The Kier molecular flexibility index (Phi) is 10.3. The molecule has 23 heavy (non-hydrogen) atoms. The normalized spacial score (nSPS) is 15.0. The molecule has 0 aromatic carbocycles. The van der Waals surface area contributed by atoms with Gasteiger partial charge < -0.3 is 4.74 Å². The fraction of sp³-hybridized carbons (Fsp3) is 0.947. The zero-order valence-corrected chi connectivity index (χ0v) is 17.9. The molecular weight excluding hydrogens is 302 g/mol. The Balaban J connectivity index is 4.72. The molecule has 0 saturated carbocycles. The summed E-state index contributed by atoms with van der Waals surface area (Å²) < 4.78 is 5.78. The summed E-state index contributed by atoms with van der Waals surface area (Å²) in [4.78, 5) is 15.0. The van der Waals surface area contributed by atoms with E-state index in [4.69, 9.17) is 4.74 Å². The molecule has 137 valence electrons. The lowest BCUT2D eigenvalue weighted by Gasteiger charge is -2.42. The van der Waals surface area contributed by atoms with Crippen LogP contribution >= 0.6 is 0 Å². The van der Waals surface area contributed by atoms with Gasteiger partial charge in [-0.15, -0.1) is 0 Å². The Hall–Kier alpha value is -0.353. The molecule has 1 atom stereocenters. The van der Waals surface area contributed by atoms with E-state index in [2.05, 4.69) is 24.9 Å². The zero-order valence-electron chi connectivity index (χ0n) is 16.9. The van der Waals surface area contributed by atoms with Gasteiger partial charge in [0.25, 0.3) is 0 Å². The number of likely N-dealkylation sites (N-methyl/N-ethyl adjacent to an activating group) is 1. The van der Waals surface area contributed by atoms with E-state index in [1.54, 1.807) is 0 Å². The Labute approximate surface area is 146 Å². The molecular formula is C19H40NO2Si. The summed E-state index contributed by atoms with van der Waals surface area (Å²) >= 11 is 0. The minimum atomic E-state index is -0.852. The highest BCUT2D eigenvalue weighted by Gasteiger charge is 2.46. The molecule has 0 rings (SSSR count). The summed E-state index contributed by atoms with van der Waals surface area (Å²) in [5.41, 5.74) is -0.421.